The van der Waals surface area contributed by atoms with Crippen LogP contribution in [0.1, 0.15) is 10.4 Å². The van der Waals surface area contributed by atoms with E-state index >= 15 is 0 Å². The topological polar surface area (TPSA) is 53.3 Å². The molecule has 0 aliphatic carbocycles. The number of rotatable bonds is 1. The van der Waals surface area contributed by atoms with Gasteiger partial charge in [0, 0.05) is 6.54 Å². The molecular weight excluding hydrogens is 278 g/mol. The van der Waals surface area contributed by atoms with Crippen LogP contribution < -0.4 is 0 Å². The van der Waals surface area contributed by atoms with Crippen LogP contribution in [0.2, 0.25) is 5.02 Å². The standard InChI is InChI=1S/C12H9ClF2N2O2/c13-9-4-10(14)8(3-11(9)15)12(18)17-1-2-19-7(5-16)6-17/h3-4,7H,1-2,6H2. The number of halogens is 3. The summed E-state index contributed by atoms with van der Waals surface area (Å²) in [4.78, 5) is 13.3. The van der Waals surface area contributed by atoms with Gasteiger partial charge in [0.05, 0.1) is 29.8 Å². The summed E-state index contributed by atoms with van der Waals surface area (Å²) in [6.07, 6.45) is -0.752. The van der Waals surface area contributed by atoms with Crippen molar-refractivity contribution in [2.24, 2.45) is 0 Å². The van der Waals surface area contributed by atoms with Crippen molar-refractivity contribution in [1.82, 2.24) is 4.90 Å². The van der Waals surface area contributed by atoms with Crippen LogP contribution in [-0.2, 0) is 4.74 Å². The van der Waals surface area contributed by atoms with Crippen LogP contribution in [0, 0.1) is 23.0 Å². The van der Waals surface area contributed by atoms with Gasteiger partial charge in [0.1, 0.15) is 11.6 Å². The van der Waals surface area contributed by atoms with Gasteiger partial charge in [-0.15, -0.1) is 0 Å². The summed E-state index contributed by atoms with van der Waals surface area (Å²) in [6.45, 7) is 0.432. The van der Waals surface area contributed by atoms with Gasteiger partial charge in [-0.1, -0.05) is 11.6 Å². The summed E-state index contributed by atoms with van der Waals surface area (Å²) in [5.74, 6) is -2.44. The smallest absolute Gasteiger partial charge is 0.257 e. The lowest BCUT2D eigenvalue weighted by molar-refractivity contribution is 0.00324. The maximum atomic E-state index is 13.6. The Hall–Kier alpha value is -1.71. The number of hydrogen-bond donors (Lipinski definition) is 0. The highest BCUT2D eigenvalue weighted by Gasteiger charge is 2.27. The van der Waals surface area contributed by atoms with E-state index in [1.165, 1.54) is 4.90 Å². The predicted octanol–water partition coefficient (Wildman–Crippen LogP) is 1.98. The van der Waals surface area contributed by atoms with Gasteiger partial charge in [-0.05, 0) is 12.1 Å². The Morgan fingerprint density at radius 3 is 2.89 bits per heavy atom. The number of hydrogen-bond acceptors (Lipinski definition) is 3. The maximum Gasteiger partial charge on any atom is 0.257 e. The van der Waals surface area contributed by atoms with Crippen LogP contribution >= 0.6 is 11.6 Å². The Balaban J connectivity index is 2.25. The molecule has 1 saturated heterocycles. The molecule has 0 spiro atoms. The molecule has 1 fully saturated rings. The van der Waals surface area contributed by atoms with Crippen molar-refractivity contribution in [3.05, 3.63) is 34.4 Å². The van der Waals surface area contributed by atoms with E-state index in [2.05, 4.69) is 0 Å². The largest absolute Gasteiger partial charge is 0.360 e. The second kappa shape index (κ2) is 5.51. The lowest BCUT2D eigenvalue weighted by atomic mass is 10.1. The van der Waals surface area contributed by atoms with Gasteiger partial charge in [0.25, 0.3) is 5.91 Å². The summed E-state index contributed by atoms with van der Waals surface area (Å²) in [6, 6.07) is 3.39. The molecule has 1 unspecified atom stereocenters. The van der Waals surface area contributed by atoms with Crippen molar-refractivity contribution in [3.63, 3.8) is 0 Å². The molecule has 1 aromatic carbocycles. The van der Waals surface area contributed by atoms with Crippen LogP contribution in [0.4, 0.5) is 8.78 Å². The molecule has 1 atom stereocenters. The molecule has 1 aliphatic heterocycles. The number of carbonyl (C=O) groups is 1. The third-order valence-corrected chi connectivity index (χ3v) is 3.03. The highest BCUT2D eigenvalue weighted by molar-refractivity contribution is 6.30. The lowest BCUT2D eigenvalue weighted by Crippen LogP contribution is -2.45. The number of amides is 1. The number of ether oxygens (including phenoxy) is 1. The number of nitrogens with zero attached hydrogens (tertiary/aromatic N) is 2. The van der Waals surface area contributed by atoms with Crippen LogP contribution in [0.15, 0.2) is 12.1 Å². The average molecular weight is 287 g/mol. The van der Waals surface area contributed by atoms with Gasteiger partial charge in [-0.2, -0.15) is 5.26 Å². The predicted molar refractivity (Wildman–Crippen MR) is 62.6 cm³/mol. The summed E-state index contributed by atoms with van der Waals surface area (Å²) < 4.78 is 32.0. The molecule has 1 amide bonds. The highest BCUT2D eigenvalue weighted by atomic mass is 35.5. The van der Waals surface area contributed by atoms with E-state index < -0.39 is 29.2 Å². The van der Waals surface area contributed by atoms with Crippen LogP contribution in [0.3, 0.4) is 0 Å². The fraction of sp³-hybridized carbons (Fsp3) is 0.333. The third-order valence-electron chi connectivity index (χ3n) is 2.74. The molecule has 19 heavy (non-hydrogen) atoms. The van der Waals surface area contributed by atoms with Crippen LogP contribution in [0.5, 0.6) is 0 Å². The number of benzene rings is 1. The van der Waals surface area contributed by atoms with E-state index in [9.17, 15) is 13.6 Å². The summed E-state index contributed by atoms with van der Waals surface area (Å²) in [5.41, 5.74) is -0.402. The molecule has 0 N–H and O–H groups in total. The minimum absolute atomic E-state index is 0.0268. The van der Waals surface area contributed by atoms with Gasteiger partial charge < -0.3 is 9.64 Å². The quantitative estimate of drug-likeness (QED) is 0.742. The molecule has 0 radical (unpaired) electrons. The van der Waals surface area contributed by atoms with Crippen molar-refractivity contribution in [2.75, 3.05) is 19.7 Å². The SMILES string of the molecule is N#CC1CN(C(=O)c2cc(F)c(Cl)cc2F)CCO1. The first-order chi connectivity index (χ1) is 9.02. The monoisotopic (exact) mass is 286 g/mol. The second-order valence-corrected chi connectivity index (χ2v) is 4.39. The van der Waals surface area contributed by atoms with E-state index in [0.29, 0.717) is 0 Å². The minimum atomic E-state index is -0.892. The molecular formula is C12H9ClF2N2O2. The molecule has 100 valence electrons. The van der Waals surface area contributed by atoms with E-state index in [1.54, 1.807) is 0 Å². The fourth-order valence-corrected chi connectivity index (χ4v) is 1.92. The van der Waals surface area contributed by atoms with E-state index in [-0.39, 0.29) is 24.7 Å². The van der Waals surface area contributed by atoms with Gasteiger partial charge in [0.15, 0.2) is 6.10 Å². The number of nitriles is 1. The van der Waals surface area contributed by atoms with Gasteiger partial charge in [-0.25, -0.2) is 8.78 Å². The van der Waals surface area contributed by atoms with E-state index in [0.717, 1.165) is 12.1 Å². The molecule has 0 bridgehead atoms. The molecule has 2 rings (SSSR count). The van der Waals surface area contributed by atoms with Crippen LogP contribution in [0.25, 0.3) is 0 Å². The van der Waals surface area contributed by atoms with E-state index in [1.807, 2.05) is 6.07 Å². The highest BCUT2D eigenvalue weighted by Crippen LogP contribution is 2.21. The number of morpholine rings is 1. The Labute approximate surface area is 113 Å². The first-order valence-corrected chi connectivity index (χ1v) is 5.85. The van der Waals surface area contributed by atoms with Gasteiger partial charge in [0.2, 0.25) is 0 Å². The molecule has 0 saturated carbocycles. The molecule has 7 heteroatoms. The Morgan fingerprint density at radius 2 is 2.21 bits per heavy atom. The molecule has 1 heterocycles. The van der Waals surface area contributed by atoms with Crippen molar-refractivity contribution in [2.45, 2.75) is 6.10 Å². The molecule has 4 nitrogen and oxygen atoms in total. The first kappa shape index (κ1) is 13.7. The zero-order chi connectivity index (χ0) is 14.0. The lowest BCUT2D eigenvalue weighted by Gasteiger charge is -2.29. The van der Waals surface area contributed by atoms with Crippen LogP contribution in [-0.4, -0.2) is 36.6 Å². The Bertz CT molecular complexity index is 559. The average Bonchev–Trinajstić information content (AvgIpc) is 2.42. The summed E-state index contributed by atoms with van der Waals surface area (Å²) in [5, 5.41) is 8.35. The molecule has 1 aliphatic rings. The normalized spacial score (nSPS) is 19.1. The second-order valence-electron chi connectivity index (χ2n) is 3.99. The zero-order valence-electron chi connectivity index (χ0n) is 9.70. The summed E-state index contributed by atoms with van der Waals surface area (Å²) in [7, 11) is 0. The summed E-state index contributed by atoms with van der Waals surface area (Å²) >= 11 is 5.42. The van der Waals surface area contributed by atoms with Crippen molar-refractivity contribution in [1.29, 1.82) is 5.26 Å². The molecule has 0 aromatic heterocycles. The van der Waals surface area contributed by atoms with Crippen molar-refractivity contribution >= 4 is 17.5 Å². The zero-order valence-corrected chi connectivity index (χ0v) is 10.5. The van der Waals surface area contributed by atoms with Crippen molar-refractivity contribution in [3.8, 4) is 6.07 Å². The van der Waals surface area contributed by atoms with Crippen molar-refractivity contribution < 1.29 is 18.3 Å². The van der Waals surface area contributed by atoms with Gasteiger partial charge in [-0.3, -0.25) is 4.79 Å². The van der Waals surface area contributed by atoms with E-state index in [4.69, 9.17) is 21.6 Å². The molecule has 1 aromatic rings. The third kappa shape index (κ3) is 2.83. The minimum Gasteiger partial charge on any atom is -0.360 e. The Morgan fingerprint density at radius 1 is 1.47 bits per heavy atom. The van der Waals surface area contributed by atoms with Gasteiger partial charge >= 0.3 is 0 Å². The fourth-order valence-electron chi connectivity index (χ4n) is 1.77. The number of carbonyl (C=O) groups excluding carboxylic acids is 1. The Kier molecular flexibility index (Phi) is 3.98. The first-order valence-electron chi connectivity index (χ1n) is 5.48. The maximum absolute atomic E-state index is 13.6.